The fourth-order valence-corrected chi connectivity index (χ4v) is 3.12. The van der Waals surface area contributed by atoms with Crippen molar-refractivity contribution in [1.82, 2.24) is 10.2 Å². The normalized spacial score (nSPS) is 26.2. The van der Waals surface area contributed by atoms with Crippen molar-refractivity contribution < 1.29 is 14.7 Å². The molecule has 0 aromatic rings. The molecule has 5 heteroatoms. The Bertz CT molecular complexity index is 433. The average molecular weight is 294 g/mol. The summed E-state index contributed by atoms with van der Waals surface area (Å²) in [6.07, 6.45) is 8.97. The van der Waals surface area contributed by atoms with Crippen molar-refractivity contribution in [3.05, 3.63) is 11.6 Å². The van der Waals surface area contributed by atoms with Crippen LogP contribution in [-0.2, 0) is 9.59 Å². The highest BCUT2D eigenvalue weighted by Gasteiger charge is 2.40. The van der Waals surface area contributed by atoms with Crippen LogP contribution < -0.4 is 5.32 Å². The van der Waals surface area contributed by atoms with Crippen LogP contribution in [0.4, 0.5) is 0 Å². The number of β-amino-alcohol motifs (C(OH)–C–C–N with tert-alkyl or cyclic N) is 1. The fraction of sp³-hybridized carbons (Fsp3) is 0.750. The molecule has 0 aromatic heterocycles. The van der Waals surface area contributed by atoms with E-state index in [4.69, 9.17) is 0 Å². The Morgan fingerprint density at radius 2 is 2.19 bits per heavy atom. The van der Waals surface area contributed by atoms with Gasteiger partial charge in [-0.05, 0) is 44.9 Å². The van der Waals surface area contributed by atoms with Crippen LogP contribution in [0.3, 0.4) is 0 Å². The predicted molar refractivity (Wildman–Crippen MR) is 80.6 cm³/mol. The van der Waals surface area contributed by atoms with E-state index in [-0.39, 0.29) is 18.4 Å². The van der Waals surface area contributed by atoms with Gasteiger partial charge in [0.2, 0.25) is 5.91 Å². The molecule has 2 N–H and O–H groups in total. The Labute approximate surface area is 126 Å². The number of carbonyl (C=O) groups is 2. The van der Waals surface area contributed by atoms with Crippen molar-refractivity contribution in [3.8, 4) is 0 Å². The summed E-state index contributed by atoms with van der Waals surface area (Å²) in [6, 6.07) is 0. The van der Waals surface area contributed by atoms with Gasteiger partial charge in [-0.15, -0.1) is 0 Å². The van der Waals surface area contributed by atoms with Crippen LogP contribution in [-0.4, -0.2) is 47.1 Å². The predicted octanol–water partition coefficient (Wildman–Crippen LogP) is 1.37. The highest BCUT2D eigenvalue weighted by molar-refractivity contribution is 5.86. The van der Waals surface area contributed by atoms with Crippen molar-refractivity contribution >= 4 is 11.8 Å². The first-order valence-electron chi connectivity index (χ1n) is 7.95. The summed E-state index contributed by atoms with van der Waals surface area (Å²) in [5.41, 5.74) is -0.0206. The van der Waals surface area contributed by atoms with E-state index in [1.54, 1.807) is 4.90 Å². The third-order valence-electron chi connectivity index (χ3n) is 4.46. The van der Waals surface area contributed by atoms with Crippen LogP contribution in [0.2, 0.25) is 0 Å². The molecule has 2 amide bonds. The lowest BCUT2D eigenvalue weighted by molar-refractivity contribution is -0.150. The molecule has 0 spiro atoms. The molecule has 1 atom stereocenters. The number of rotatable bonds is 4. The second-order valence-corrected chi connectivity index (χ2v) is 6.19. The van der Waals surface area contributed by atoms with Crippen LogP contribution in [0.1, 0.15) is 51.9 Å². The van der Waals surface area contributed by atoms with Crippen molar-refractivity contribution in [2.45, 2.75) is 57.5 Å². The Balaban J connectivity index is 1.81. The lowest BCUT2D eigenvalue weighted by Crippen LogP contribution is -2.58. The molecule has 21 heavy (non-hydrogen) atoms. The molecule has 1 aliphatic heterocycles. The minimum absolute atomic E-state index is 0.0895. The van der Waals surface area contributed by atoms with E-state index in [0.717, 1.165) is 19.3 Å². The van der Waals surface area contributed by atoms with Gasteiger partial charge in [0, 0.05) is 20.0 Å². The van der Waals surface area contributed by atoms with E-state index in [1.807, 2.05) is 0 Å². The van der Waals surface area contributed by atoms with E-state index in [0.29, 0.717) is 25.9 Å². The number of nitrogens with zero attached hydrogens (tertiary/aromatic N) is 1. The second-order valence-electron chi connectivity index (χ2n) is 6.19. The van der Waals surface area contributed by atoms with Gasteiger partial charge in [-0.1, -0.05) is 11.6 Å². The number of allylic oxidation sites excluding steroid dienone is 1. The summed E-state index contributed by atoms with van der Waals surface area (Å²) >= 11 is 0. The van der Waals surface area contributed by atoms with Gasteiger partial charge in [-0.3, -0.25) is 9.59 Å². The van der Waals surface area contributed by atoms with E-state index < -0.39 is 5.60 Å². The number of nitrogens with one attached hydrogen (secondary N) is 1. The molecule has 1 unspecified atom stereocenters. The summed E-state index contributed by atoms with van der Waals surface area (Å²) in [5, 5.41) is 13.3. The molecule has 2 rings (SSSR count). The molecule has 1 saturated heterocycles. The molecule has 0 radical (unpaired) electrons. The number of likely N-dealkylation sites (tertiary alicyclic amines) is 1. The summed E-state index contributed by atoms with van der Waals surface area (Å²) in [4.78, 5) is 25.2. The zero-order valence-electron chi connectivity index (χ0n) is 12.9. The molecular weight excluding hydrogens is 268 g/mol. The molecule has 118 valence electrons. The number of aliphatic hydroxyl groups is 1. The minimum Gasteiger partial charge on any atom is -0.378 e. The SMILES string of the molecule is CC(=O)N1CCCC(O)(C(=O)NCCC2=CCCCC2)C1. The topological polar surface area (TPSA) is 69.6 Å². The summed E-state index contributed by atoms with van der Waals surface area (Å²) < 4.78 is 0. The Hall–Kier alpha value is -1.36. The maximum absolute atomic E-state index is 12.2. The third-order valence-corrected chi connectivity index (χ3v) is 4.46. The highest BCUT2D eigenvalue weighted by atomic mass is 16.3. The number of hydrogen-bond donors (Lipinski definition) is 2. The van der Waals surface area contributed by atoms with Crippen molar-refractivity contribution in [1.29, 1.82) is 0 Å². The lowest BCUT2D eigenvalue weighted by atomic mass is 9.91. The van der Waals surface area contributed by atoms with Crippen LogP contribution in [0.5, 0.6) is 0 Å². The first-order chi connectivity index (χ1) is 10.0. The number of piperidine rings is 1. The standard InChI is InChI=1S/C16H26N2O3/c1-13(19)18-11-5-9-16(21,12-18)15(20)17-10-8-14-6-3-2-4-7-14/h6,21H,2-5,7-12H2,1H3,(H,17,20). The average Bonchev–Trinajstić information content (AvgIpc) is 2.48. The maximum Gasteiger partial charge on any atom is 0.253 e. The van der Waals surface area contributed by atoms with Gasteiger partial charge in [0.1, 0.15) is 0 Å². The molecule has 0 saturated carbocycles. The molecule has 1 fully saturated rings. The molecular formula is C16H26N2O3. The largest absolute Gasteiger partial charge is 0.378 e. The zero-order valence-corrected chi connectivity index (χ0v) is 12.9. The van der Waals surface area contributed by atoms with Gasteiger partial charge in [0.15, 0.2) is 5.60 Å². The summed E-state index contributed by atoms with van der Waals surface area (Å²) in [6.45, 7) is 2.76. The first-order valence-corrected chi connectivity index (χ1v) is 7.95. The Kier molecular flexibility index (Phi) is 5.39. The summed E-state index contributed by atoms with van der Waals surface area (Å²) in [7, 11) is 0. The minimum atomic E-state index is -1.43. The second kappa shape index (κ2) is 7.07. The molecule has 2 aliphatic rings. The van der Waals surface area contributed by atoms with Gasteiger partial charge in [-0.2, -0.15) is 0 Å². The highest BCUT2D eigenvalue weighted by Crippen LogP contribution is 2.22. The smallest absolute Gasteiger partial charge is 0.253 e. The van der Waals surface area contributed by atoms with Crippen LogP contribution in [0, 0.1) is 0 Å². The maximum atomic E-state index is 12.2. The van der Waals surface area contributed by atoms with Gasteiger partial charge in [-0.25, -0.2) is 0 Å². The van der Waals surface area contributed by atoms with Crippen LogP contribution in [0.25, 0.3) is 0 Å². The van der Waals surface area contributed by atoms with E-state index in [1.165, 1.54) is 25.3 Å². The van der Waals surface area contributed by atoms with Crippen molar-refractivity contribution in [2.24, 2.45) is 0 Å². The van der Waals surface area contributed by atoms with Gasteiger partial charge in [0.25, 0.3) is 5.91 Å². The molecule has 5 nitrogen and oxygen atoms in total. The fourth-order valence-electron chi connectivity index (χ4n) is 3.12. The Morgan fingerprint density at radius 3 is 2.86 bits per heavy atom. The summed E-state index contributed by atoms with van der Waals surface area (Å²) in [5.74, 6) is -0.432. The third kappa shape index (κ3) is 4.30. The van der Waals surface area contributed by atoms with Gasteiger partial charge in [0.05, 0.1) is 6.54 Å². The van der Waals surface area contributed by atoms with Crippen molar-refractivity contribution in [2.75, 3.05) is 19.6 Å². The molecule has 1 heterocycles. The number of amides is 2. The van der Waals surface area contributed by atoms with E-state index in [2.05, 4.69) is 11.4 Å². The van der Waals surface area contributed by atoms with Crippen LogP contribution >= 0.6 is 0 Å². The lowest BCUT2D eigenvalue weighted by Gasteiger charge is -2.37. The number of hydrogen-bond acceptors (Lipinski definition) is 3. The van der Waals surface area contributed by atoms with Gasteiger partial charge < -0.3 is 15.3 Å². The van der Waals surface area contributed by atoms with E-state index in [9.17, 15) is 14.7 Å². The van der Waals surface area contributed by atoms with Crippen molar-refractivity contribution in [3.63, 3.8) is 0 Å². The van der Waals surface area contributed by atoms with Gasteiger partial charge >= 0.3 is 0 Å². The zero-order chi connectivity index (χ0) is 15.3. The quantitative estimate of drug-likeness (QED) is 0.769. The molecule has 1 aliphatic carbocycles. The first kappa shape index (κ1) is 16.0. The number of carbonyl (C=O) groups excluding carboxylic acids is 2. The Morgan fingerprint density at radius 1 is 1.38 bits per heavy atom. The van der Waals surface area contributed by atoms with Crippen LogP contribution in [0.15, 0.2) is 11.6 Å². The van der Waals surface area contributed by atoms with E-state index >= 15 is 0 Å². The monoisotopic (exact) mass is 294 g/mol. The molecule has 0 aromatic carbocycles. The molecule has 0 bridgehead atoms.